The minimum absolute atomic E-state index is 0.0720. The minimum Gasteiger partial charge on any atom is -0.464 e. The fourth-order valence-electron chi connectivity index (χ4n) is 2.10. The molecular formula is C16H14ClF3N3O3+. The van der Waals surface area contributed by atoms with E-state index < -0.39 is 23.7 Å². The number of carbonyl (C=O) groups excluding carboxylic acids is 2. The van der Waals surface area contributed by atoms with Crippen LogP contribution in [0.25, 0.3) is 0 Å². The lowest BCUT2D eigenvalue weighted by molar-refractivity contribution is -0.363. The smallest absolute Gasteiger partial charge is 0.464 e. The third kappa shape index (κ3) is 3.88. The average Bonchev–Trinajstić information content (AvgIpc) is 2.60. The highest BCUT2D eigenvalue weighted by molar-refractivity contribution is 6.33. The average molecular weight is 389 g/mol. The summed E-state index contributed by atoms with van der Waals surface area (Å²) in [7, 11) is 0.779. The van der Waals surface area contributed by atoms with Crippen molar-refractivity contribution in [3.63, 3.8) is 0 Å². The third-order valence-corrected chi connectivity index (χ3v) is 3.70. The Hall–Kier alpha value is -2.81. The number of aromatic amines is 1. The molecule has 10 heteroatoms. The van der Waals surface area contributed by atoms with E-state index in [4.69, 9.17) is 11.6 Å². The van der Waals surface area contributed by atoms with Crippen LogP contribution in [0.5, 0.6) is 0 Å². The van der Waals surface area contributed by atoms with Gasteiger partial charge in [-0.3, -0.25) is 10.1 Å². The Labute approximate surface area is 151 Å². The number of alkyl halides is 3. The fraction of sp³-hybridized carbons (Fsp3) is 0.188. The predicted octanol–water partition coefficient (Wildman–Crippen LogP) is 2.43. The number of aromatic nitrogens is 1. The molecule has 0 unspecified atom stereocenters. The van der Waals surface area contributed by atoms with Crippen molar-refractivity contribution in [3.8, 4) is 0 Å². The molecule has 3 N–H and O–H groups in total. The van der Waals surface area contributed by atoms with Crippen LogP contribution in [0.3, 0.4) is 0 Å². The summed E-state index contributed by atoms with van der Waals surface area (Å²) in [4.78, 5) is 27.0. The molecule has 0 aliphatic heterocycles. The molecule has 1 amide bonds. The highest BCUT2D eigenvalue weighted by atomic mass is 35.5. The molecule has 0 aliphatic carbocycles. The number of carbonyl (C=O) groups is 2. The molecule has 1 aromatic carbocycles. The lowest BCUT2D eigenvalue weighted by Gasteiger charge is -2.30. The van der Waals surface area contributed by atoms with E-state index in [2.05, 4.69) is 9.72 Å². The van der Waals surface area contributed by atoms with Crippen LogP contribution in [0.15, 0.2) is 48.7 Å². The van der Waals surface area contributed by atoms with Gasteiger partial charge in [-0.1, -0.05) is 29.8 Å². The van der Waals surface area contributed by atoms with Crippen LogP contribution in [0.4, 0.5) is 19.0 Å². The molecule has 26 heavy (non-hydrogen) atoms. The summed E-state index contributed by atoms with van der Waals surface area (Å²) in [5, 5.41) is 3.57. The van der Waals surface area contributed by atoms with Crippen LogP contribution in [0, 0.1) is 0 Å². The minimum atomic E-state index is -5.24. The summed E-state index contributed by atoms with van der Waals surface area (Å²) in [5.41, 5.74) is -3.76. The van der Waals surface area contributed by atoms with Crippen molar-refractivity contribution < 1.29 is 32.5 Å². The molecule has 0 aliphatic rings. The topological polar surface area (TPSA) is 81.6 Å². The number of hydrogen-bond donors (Lipinski definition) is 2. The predicted molar refractivity (Wildman–Crippen MR) is 86.3 cm³/mol. The van der Waals surface area contributed by atoms with Crippen LogP contribution in [-0.2, 0) is 9.53 Å². The number of ether oxygens (including phenoxy) is 1. The van der Waals surface area contributed by atoms with Gasteiger partial charge in [0, 0.05) is 6.07 Å². The van der Waals surface area contributed by atoms with Gasteiger partial charge in [0.2, 0.25) is 0 Å². The van der Waals surface area contributed by atoms with E-state index in [1.165, 1.54) is 48.7 Å². The normalized spacial score (nSPS) is 13.4. The van der Waals surface area contributed by atoms with E-state index in [0.717, 1.165) is 7.11 Å². The van der Waals surface area contributed by atoms with Crippen molar-refractivity contribution in [2.75, 3.05) is 12.4 Å². The van der Waals surface area contributed by atoms with Crippen molar-refractivity contribution in [2.45, 2.75) is 11.8 Å². The maximum absolute atomic E-state index is 13.9. The monoisotopic (exact) mass is 388 g/mol. The standard InChI is InChI=1S/C16H13ClF3N3O3/c1-26-14(25)15(16(18,19)20,22-12-8-4-5-9-21-12)23-13(24)10-6-2-3-7-11(10)17/h2-9H,1H3,(H,21,22)(H,23,24)/p+1/t15-/m1/s1. The zero-order valence-corrected chi connectivity index (χ0v) is 14.1. The number of halogens is 4. The van der Waals surface area contributed by atoms with Gasteiger partial charge in [0.1, 0.15) is 0 Å². The van der Waals surface area contributed by atoms with Crippen molar-refractivity contribution in [1.29, 1.82) is 0 Å². The Morgan fingerprint density at radius 1 is 1.12 bits per heavy atom. The second-order valence-electron chi connectivity index (χ2n) is 5.07. The maximum Gasteiger partial charge on any atom is 0.464 e. The molecule has 0 saturated carbocycles. The van der Waals surface area contributed by atoms with Gasteiger partial charge in [0.15, 0.2) is 0 Å². The molecule has 1 atom stereocenters. The molecule has 2 rings (SSSR count). The molecule has 1 aromatic heterocycles. The van der Waals surface area contributed by atoms with E-state index in [1.807, 2.05) is 5.32 Å². The van der Waals surface area contributed by atoms with Crippen molar-refractivity contribution in [3.05, 3.63) is 59.2 Å². The summed E-state index contributed by atoms with van der Waals surface area (Å²) < 4.78 is 45.8. The molecule has 0 saturated heterocycles. The SMILES string of the molecule is COC(=O)[C@](NC(=O)c1ccccc1Cl)(Nc1cccc[nH+]1)C(F)(F)F. The molecule has 0 bridgehead atoms. The molecule has 138 valence electrons. The van der Waals surface area contributed by atoms with Gasteiger partial charge < -0.3 is 4.74 Å². The van der Waals surface area contributed by atoms with Crippen molar-refractivity contribution >= 4 is 29.3 Å². The van der Waals surface area contributed by atoms with Gasteiger partial charge in [-0.15, -0.1) is 0 Å². The second-order valence-corrected chi connectivity index (χ2v) is 5.48. The number of methoxy groups -OCH3 is 1. The first kappa shape index (κ1) is 19.5. The van der Waals surface area contributed by atoms with E-state index in [0.29, 0.717) is 0 Å². The van der Waals surface area contributed by atoms with Crippen molar-refractivity contribution in [2.24, 2.45) is 0 Å². The first-order valence-electron chi connectivity index (χ1n) is 7.18. The number of hydrogen-bond acceptors (Lipinski definition) is 4. The Morgan fingerprint density at radius 3 is 2.31 bits per heavy atom. The summed E-state index contributed by atoms with van der Waals surface area (Å²) in [5.74, 6) is -3.13. The van der Waals surface area contributed by atoms with E-state index in [1.54, 1.807) is 5.32 Å². The Balaban J connectivity index is 2.50. The number of nitrogens with one attached hydrogen (secondary N) is 3. The first-order chi connectivity index (χ1) is 12.2. The van der Waals surface area contributed by atoms with Gasteiger partial charge in [-0.2, -0.15) is 13.2 Å². The molecule has 0 radical (unpaired) electrons. The largest absolute Gasteiger partial charge is 0.464 e. The number of benzene rings is 1. The van der Waals surface area contributed by atoms with Crippen LogP contribution < -0.4 is 15.6 Å². The quantitative estimate of drug-likeness (QED) is 0.609. The summed E-state index contributed by atoms with van der Waals surface area (Å²) in [6.45, 7) is 0. The van der Waals surface area contributed by atoms with Gasteiger partial charge >= 0.3 is 17.8 Å². The number of esters is 1. The molecular weight excluding hydrogens is 375 g/mol. The Bertz CT molecular complexity index is 802. The van der Waals surface area contributed by atoms with Crippen LogP contribution in [-0.4, -0.2) is 30.8 Å². The molecule has 1 heterocycles. The molecule has 0 spiro atoms. The third-order valence-electron chi connectivity index (χ3n) is 3.37. The summed E-state index contributed by atoms with van der Waals surface area (Å²) >= 11 is 5.85. The van der Waals surface area contributed by atoms with Gasteiger partial charge in [-0.25, -0.2) is 15.1 Å². The number of rotatable bonds is 5. The lowest BCUT2D eigenvalue weighted by atomic mass is 10.1. The van der Waals surface area contributed by atoms with E-state index in [9.17, 15) is 22.8 Å². The summed E-state index contributed by atoms with van der Waals surface area (Å²) in [6, 6.07) is 9.71. The van der Waals surface area contributed by atoms with E-state index >= 15 is 0 Å². The van der Waals surface area contributed by atoms with Gasteiger partial charge in [-0.05, 0) is 18.2 Å². The molecule has 2 aromatic rings. The van der Waals surface area contributed by atoms with Crippen LogP contribution in [0.1, 0.15) is 10.4 Å². The number of pyridine rings is 1. The molecule has 0 fully saturated rings. The Kier molecular flexibility index (Phi) is 5.71. The maximum atomic E-state index is 13.9. The van der Waals surface area contributed by atoms with Crippen LogP contribution in [0.2, 0.25) is 5.02 Å². The summed E-state index contributed by atoms with van der Waals surface area (Å²) in [6.07, 6.45) is -3.89. The fourth-order valence-corrected chi connectivity index (χ4v) is 2.32. The van der Waals surface area contributed by atoms with Gasteiger partial charge in [0.05, 0.1) is 23.9 Å². The zero-order chi connectivity index (χ0) is 19.4. The number of H-pyrrole nitrogens is 1. The zero-order valence-electron chi connectivity index (χ0n) is 13.4. The van der Waals surface area contributed by atoms with Crippen LogP contribution >= 0.6 is 11.6 Å². The highest BCUT2D eigenvalue weighted by Gasteiger charge is 2.67. The number of anilines is 1. The highest BCUT2D eigenvalue weighted by Crippen LogP contribution is 2.33. The second kappa shape index (κ2) is 7.61. The lowest BCUT2D eigenvalue weighted by Crippen LogP contribution is -2.69. The van der Waals surface area contributed by atoms with Gasteiger partial charge in [0.25, 0.3) is 11.7 Å². The molecule has 6 nitrogen and oxygen atoms in total. The van der Waals surface area contributed by atoms with Crippen molar-refractivity contribution in [1.82, 2.24) is 5.32 Å². The first-order valence-corrected chi connectivity index (χ1v) is 7.56. The van der Waals surface area contributed by atoms with E-state index in [-0.39, 0.29) is 16.4 Å². The Morgan fingerprint density at radius 2 is 1.77 bits per heavy atom. The number of amides is 1.